The standard InChI is InChI=1S/C16H20O/c1-14(17-16-10-6-3-7-11-16)12-13-15-8-4-2-5-9-15/h2,4-5,8-9,14,16H,3,6-7,10-11H2,1H3. The van der Waals surface area contributed by atoms with Crippen LogP contribution in [0.4, 0.5) is 0 Å². The molecule has 0 aliphatic heterocycles. The second-order valence-corrected chi connectivity index (χ2v) is 4.67. The van der Waals surface area contributed by atoms with Crippen LogP contribution in [0.3, 0.4) is 0 Å². The van der Waals surface area contributed by atoms with Gasteiger partial charge in [-0.1, -0.05) is 49.3 Å². The Labute approximate surface area is 104 Å². The van der Waals surface area contributed by atoms with E-state index in [2.05, 4.69) is 11.8 Å². The van der Waals surface area contributed by atoms with Gasteiger partial charge in [0.1, 0.15) is 6.10 Å². The summed E-state index contributed by atoms with van der Waals surface area (Å²) in [7, 11) is 0. The van der Waals surface area contributed by atoms with Crippen molar-refractivity contribution in [2.24, 2.45) is 0 Å². The van der Waals surface area contributed by atoms with Gasteiger partial charge in [-0.15, -0.1) is 0 Å². The van der Waals surface area contributed by atoms with Crippen molar-refractivity contribution in [1.29, 1.82) is 0 Å². The largest absolute Gasteiger partial charge is 0.363 e. The first kappa shape index (κ1) is 12.2. The van der Waals surface area contributed by atoms with Gasteiger partial charge in [-0.2, -0.15) is 0 Å². The zero-order valence-electron chi connectivity index (χ0n) is 10.5. The highest BCUT2D eigenvalue weighted by Crippen LogP contribution is 2.21. The molecule has 1 aromatic carbocycles. The summed E-state index contributed by atoms with van der Waals surface area (Å²) in [5.74, 6) is 6.33. The highest BCUT2D eigenvalue weighted by atomic mass is 16.5. The Kier molecular flexibility index (Phi) is 4.64. The van der Waals surface area contributed by atoms with E-state index in [9.17, 15) is 0 Å². The summed E-state index contributed by atoms with van der Waals surface area (Å²) >= 11 is 0. The topological polar surface area (TPSA) is 9.23 Å². The summed E-state index contributed by atoms with van der Waals surface area (Å²) in [6, 6.07) is 10.1. The van der Waals surface area contributed by atoms with Crippen molar-refractivity contribution >= 4 is 0 Å². The smallest absolute Gasteiger partial charge is 0.116 e. The second kappa shape index (κ2) is 6.47. The summed E-state index contributed by atoms with van der Waals surface area (Å²) in [6.45, 7) is 2.05. The molecule has 1 unspecified atom stereocenters. The Morgan fingerprint density at radius 3 is 2.53 bits per heavy atom. The molecule has 17 heavy (non-hydrogen) atoms. The van der Waals surface area contributed by atoms with Crippen molar-refractivity contribution in [2.45, 2.75) is 51.2 Å². The molecule has 1 fully saturated rings. The third kappa shape index (κ3) is 4.24. The number of rotatable bonds is 2. The van der Waals surface area contributed by atoms with Crippen LogP contribution in [0.15, 0.2) is 30.3 Å². The monoisotopic (exact) mass is 228 g/mol. The molecule has 1 aliphatic carbocycles. The van der Waals surface area contributed by atoms with Crippen LogP contribution in [-0.4, -0.2) is 12.2 Å². The van der Waals surface area contributed by atoms with E-state index < -0.39 is 0 Å². The van der Waals surface area contributed by atoms with Gasteiger partial charge in [0.15, 0.2) is 0 Å². The second-order valence-electron chi connectivity index (χ2n) is 4.67. The van der Waals surface area contributed by atoms with Crippen LogP contribution >= 0.6 is 0 Å². The molecule has 0 spiro atoms. The fraction of sp³-hybridized carbons (Fsp3) is 0.500. The summed E-state index contributed by atoms with van der Waals surface area (Å²) in [6.07, 6.45) is 6.87. The Hall–Kier alpha value is -1.26. The molecule has 0 heterocycles. The summed E-state index contributed by atoms with van der Waals surface area (Å²) in [4.78, 5) is 0. The molecule has 0 N–H and O–H groups in total. The molecule has 0 aromatic heterocycles. The average molecular weight is 228 g/mol. The van der Waals surface area contributed by atoms with Crippen molar-refractivity contribution in [3.63, 3.8) is 0 Å². The first-order valence-electron chi connectivity index (χ1n) is 6.56. The van der Waals surface area contributed by atoms with Gasteiger partial charge in [-0.05, 0) is 31.9 Å². The number of ether oxygens (including phenoxy) is 1. The molecule has 90 valence electrons. The normalized spacial score (nSPS) is 18.2. The minimum Gasteiger partial charge on any atom is -0.363 e. The summed E-state index contributed by atoms with van der Waals surface area (Å²) in [5.41, 5.74) is 1.06. The van der Waals surface area contributed by atoms with Crippen molar-refractivity contribution in [2.75, 3.05) is 0 Å². The molecule has 0 bridgehead atoms. The lowest BCUT2D eigenvalue weighted by Gasteiger charge is -2.23. The van der Waals surface area contributed by atoms with Crippen LogP contribution < -0.4 is 0 Å². The Bertz CT molecular complexity index is 379. The number of hydrogen-bond donors (Lipinski definition) is 0. The molecule has 1 aliphatic rings. The van der Waals surface area contributed by atoms with E-state index in [1.807, 2.05) is 37.3 Å². The Morgan fingerprint density at radius 2 is 1.82 bits per heavy atom. The molecule has 1 aromatic rings. The van der Waals surface area contributed by atoms with Crippen LogP contribution in [0.2, 0.25) is 0 Å². The van der Waals surface area contributed by atoms with E-state index >= 15 is 0 Å². The molecular weight excluding hydrogens is 208 g/mol. The third-order valence-electron chi connectivity index (χ3n) is 3.14. The highest BCUT2D eigenvalue weighted by molar-refractivity contribution is 5.34. The first-order valence-corrected chi connectivity index (χ1v) is 6.56. The highest BCUT2D eigenvalue weighted by Gasteiger charge is 2.15. The minimum atomic E-state index is 0.0401. The molecule has 1 nitrogen and oxygen atoms in total. The molecule has 1 heteroatoms. The van der Waals surface area contributed by atoms with Gasteiger partial charge in [-0.3, -0.25) is 0 Å². The molecule has 1 saturated carbocycles. The fourth-order valence-electron chi connectivity index (χ4n) is 2.23. The first-order chi connectivity index (χ1) is 8.34. The lowest BCUT2D eigenvalue weighted by Crippen LogP contribution is -2.21. The van der Waals surface area contributed by atoms with E-state index in [4.69, 9.17) is 4.74 Å². The molecule has 0 saturated heterocycles. The molecule has 2 rings (SSSR count). The van der Waals surface area contributed by atoms with E-state index in [0.717, 1.165) is 5.56 Å². The van der Waals surface area contributed by atoms with Crippen molar-refractivity contribution < 1.29 is 4.74 Å². The van der Waals surface area contributed by atoms with Crippen LogP contribution in [0.5, 0.6) is 0 Å². The average Bonchev–Trinajstić information content (AvgIpc) is 2.39. The molecule has 1 atom stereocenters. The van der Waals surface area contributed by atoms with Gasteiger partial charge in [-0.25, -0.2) is 0 Å². The minimum absolute atomic E-state index is 0.0401. The van der Waals surface area contributed by atoms with E-state index in [1.165, 1.54) is 32.1 Å². The predicted molar refractivity (Wildman–Crippen MR) is 70.7 cm³/mol. The lowest BCUT2D eigenvalue weighted by atomic mass is 9.98. The van der Waals surface area contributed by atoms with Gasteiger partial charge in [0.25, 0.3) is 0 Å². The van der Waals surface area contributed by atoms with Gasteiger partial charge in [0.05, 0.1) is 6.10 Å². The van der Waals surface area contributed by atoms with Gasteiger partial charge in [0, 0.05) is 5.56 Å². The summed E-state index contributed by atoms with van der Waals surface area (Å²) < 4.78 is 5.94. The molecule has 0 radical (unpaired) electrons. The van der Waals surface area contributed by atoms with E-state index in [0.29, 0.717) is 6.10 Å². The fourth-order valence-corrected chi connectivity index (χ4v) is 2.23. The van der Waals surface area contributed by atoms with E-state index in [-0.39, 0.29) is 6.10 Å². The van der Waals surface area contributed by atoms with Crippen LogP contribution in [-0.2, 0) is 4.74 Å². The predicted octanol–water partition coefficient (Wildman–Crippen LogP) is 3.78. The van der Waals surface area contributed by atoms with Crippen molar-refractivity contribution in [3.05, 3.63) is 35.9 Å². The maximum absolute atomic E-state index is 5.94. The maximum atomic E-state index is 5.94. The number of hydrogen-bond acceptors (Lipinski definition) is 1. The van der Waals surface area contributed by atoms with Crippen LogP contribution in [0, 0.1) is 11.8 Å². The van der Waals surface area contributed by atoms with E-state index in [1.54, 1.807) is 0 Å². The van der Waals surface area contributed by atoms with Gasteiger partial charge in [0.2, 0.25) is 0 Å². The van der Waals surface area contributed by atoms with Crippen LogP contribution in [0.1, 0.15) is 44.6 Å². The SMILES string of the molecule is CC(C#Cc1ccccc1)OC1CCCCC1. The van der Waals surface area contributed by atoms with Crippen LogP contribution in [0.25, 0.3) is 0 Å². The van der Waals surface area contributed by atoms with Crippen molar-refractivity contribution in [3.8, 4) is 11.8 Å². The maximum Gasteiger partial charge on any atom is 0.116 e. The number of benzene rings is 1. The van der Waals surface area contributed by atoms with Gasteiger partial charge >= 0.3 is 0 Å². The Morgan fingerprint density at radius 1 is 1.12 bits per heavy atom. The zero-order valence-corrected chi connectivity index (χ0v) is 10.5. The zero-order chi connectivity index (χ0) is 11.9. The van der Waals surface area contributed by atoms with Gasteiger partial charge < -0.3 is 4.74 Å². The lowest BCUT2D eigenvalue weighted by molar-refractivity contribution is 0.00559. The quantitative estimate of drug-likeness (QED) is 0.700. The molecular formula is C16H20O. The summed E-state index contributed by atoms with van der Waals surface area (Å²) in [5, 5.41) is 0. The molecule has 0 amide bonds. The third-order valence-corrected chi connectivity index (χ3v) is 3.14. The van der Waals surface area contributed by atoms with Crippen molar-refractivity contribution in [1.82, 2.24) is 0 Å². The Balaban J connectivity index is 1.84.